The summed E-state index contributed by atoms with van der Waals surface area (Å²) in [5.41, 5.74) is 9.25. The quantitative estimate of drug-likeness (QED) is 0.566. The summed E-state index contributed by atoms with van der Waals surface area (Å²) in [5, 5.41) is 0. The van der Waals surface area contributed by atoms with Crippen molar-refractivity contribution in [1.82, 2.24) is 0 Å². The van der Waals surface area contributed by atoms with Crippen molar-refractivity contribution in [2.24, 2.45) is 5.92 Å². The number of rotatable bonds is 1. The molecule has 0 bridgehead atoms. The molecule has 3 aliphatic carbocycles. The molecule has 2 atom stereocenters. The van der Waals surface area contributed by atoms with Crippen LogP contribution in [0.3, 0.4) is 0 Å². The van der Waals surface area contributed by atoms with Crippen molar-refractivity contribution in [3.8, 4) is 11.1 Å². The van der Waals surface area contributed by atoms with Gasteiger partial charge in [-0.3, -0.25) is 0 Å². The summed E-state index contributed by atoms with van der Waals surface area (Å²) in [6.07, 6.45) is 10.7. The highest BCUT2D eigenvalue weighted by Crippen LogP contribution is 2.49. The van der Waals surface area contributed by atoms with Crippen molar-refractivity contribution >= 4 is 0 Å². The van der Waals surface area contributed by atoms with Crippen LogP contribution in [0.4, 0.5) is 0 Å². The molecule has 0 spiro atoms. The van der Waals surface area contributed by atoms with E-state index in [1.807, 2.05) is 0 Å². The third-order valence-electron chi connectivity index (χ3n) is 5.52. The summed E-state index contributed by atoms with van der Waals surface area (Å²) < 4.78 is 0. The summed E-state index contributed by atoms with van der Waals surface area (Å²) in [5.74, 6) is 1.36. The molecule has 21 heavy (non-hydrogen) atoms. The zero-order chi connectivity index (χ0) is 13.8. The van der Waals surface area contributed by atoms with Crippen molar-refractivity contribution < 1.29 is 0 Å². The maximum absolute atomic E-state index is 2.41. The number of hydrogen-bond acceptors (Lipinski definition) is 0. The maximum atomic E-state index is 2.41. The van der Waals surface area contributed by atoms with E-state index in [9.17, 15) is 0 Å². The van der Waals surface area contributed by atoms with Crippen molar-refractivity contribution in [2.45, 2.75) is 25.2 Å². The van der Waals surface area contributed by atoms with Gasteiger partial charge in [0.1, 0.15) is 0 Å². The van der Waals surface area contributed by atoms with Crippen LogP contribution in [0.1, 0.15) is 35.4 Å². The minimum absolute atomic E-state index is 0.667. The second-order valence-electron chi connectivity index (χ2n) is 6.50. The number of allylic oxidation sites excluding steroid dienone is 4. The summed E-state index contributed by atoms with van der Waals surface area (Å²) in [4.78, 5) is 0. The van der Waals surface area contributed by atoms with Crippen molar-refractivity contribution in [1.29, 1.82) is 0 Å². The van der Waals surface area contributed by atoms with E-state index in [0.717, 1.165) is 6.42 Å². The lowest BCUT2D eigenvalue weighted by Gasteiger charge is -2.19. The van der Waals surface area contributed by atoms with Crippen LogP contribution < -0.4 is 0 Å². The lowest BCUT2D eigenvalue weighted by molar-refractivity contribution is 0.632. The number of hydrogen-bond donors (Lipinski definition) is 0. The van der Waals surface area contributed by atoms with E-state index in [1.54, 1.807) is 16.7 Å². The average Bonchev–Trinajstić information content (AvgIpc) is 3.20. The van der Waals surface area contributed by atoms with Crippen molar-refractivity contribution in [2.75, 3.05) is 0 Å². The predicted octanol–water partition coefficient (Wildman–Crippen LogP) is 5.25. The lowest BCUT2D eigenvalue weighted by Crippen LogP contribution is -2.06. The standard InChI is InChI=1S/C21H18/c1-2-7-17-15(5-1)13-21-18(17)9-4-10-19(21)20-12-11-14-6-3-8-16(14)20/h1-10,16,20H,11-13H2. The molecule has 0 nitrogen and oxygen atoms in total. The zero-order valence-electron chi connectivity index (χ0n) is 12.0. The van der Waals surface area contributed by atoms with Gasteiger partial charge >= 0.3 is 0 Å². The molecule has 2 aromatic carbocycles. The molecule has 0 saturated heterocycles. The monoisotopic (exact) mass is 270 g/mol. The Morgan fingerprint density at radius 2 is 1.81 bits per heavy atom. The summed E-state index contributed by atoms with van der Waals surface area (Å²) >= 11 is 0. The molecule has 102 valence electrons. The molecule has 0 N–H and O–H groups in total. The van der Waals surface area contributed by atoms with Crippen LogP contribution in [0.25, 0.3) is 11.1 Å². The molecule has 5 rings (SSSR count). The van der Waals surface area contributed by atoms with Gasteiger partial charge in [0.25, 0.3) is 0 Å². The molecule has 0 amide bonds. The van der Waals surface area contributed by atoms with Gasteiger partial charge in [0.05, 0.1) is 0 Å². The first-order valence-electron chi connectivity index (χ1n) is 7.99. The Kier molecular flexibility index (Phi) is 2.32. The van der Waals surface area contributed by atoms with Crippen LogP contribution in [-0.4, -0.2) is 0 Å². The molecule has 2 aromatic rings. The van der Waals surface area contributed by atoms with E-state index < -0.39 is 0 Å². The summed E-state index contributed by atoms with van der Waals surface area (Å²) in [7, 11) is 0. The van der Waals surface area contributed by atoms with Crippen molar-refractivity contribution in [3.05, 3.63) is 83.0 Å². The maximum Gasteiger partial charge on any atom is 0.00519 e. The highest BCUT2D eigenvalue weighted by molar-refractivity contribution is 5.78. The third-order valence-corrected chi connectivity index (χ3v) is 5.52. The first kappa shape index (κ1) is 11.6. The largest absolute Gasteiger partial charge is 0.0767 e. The van der Waals surface area contributed by atoms with Gasteiger partial charge in [-0.2, -0.15) is 0 Å². The Labute approximate surface area is 125 Å². The Hall–Kier alpha value is -2.08. The minimum atomic E-state index is 0.667. The third kappa shape index (κ3) is 1.56. The van der Waals surface area contributed by atoms with Crippen LogP contribution in [0.15, 0.2) is 66.3 Å². The fourth-order valence-corrected chi connectivity index (χ4v) is 4.56. The van der Waals surface area contributed by atoms with Crippen LogP contribution in [-0.2, 0) is 6.42 Å². The van der Waals surface area contributed by atoms with Crippen LogP contribution >= 0.6 is 0 Å². The second-order valence-corrected chi connectivity index (χ2v) is 6.50. The Balaban J connectivity index is 1.65. The molecule has 1 saturated carbocycles. The topological polar surface area (TPSA) is 0 Å². The molecule has 3 aliphatic rings. The van der Waals surface area contributed by atoms with Gasteiger partial charge in [-0.25, -0.2) is 0 Å². The Morgan fingerprint density at radius 3 is 2.81 bits per heavy atom. The highest BCUT2D eigenvalue weighted by Gasteiger charge is 2.34. The fourth-order valence-electron chi connectivity index (χ4n) is 4.56. The molecule has 0 radical (unpaired) electrons. The van der Waals surface area contributed by atoms with Crippen molar-refractivity contribution in [3.63, 3.8) is 0 Å². The predicted molar refractivity (Wildman–Crippen MR) is 87.4 cm³/mol. The SMILES string of the molecule is C1=CC2C(=C1)CCC2c1cccc2c1Cc1ccccc1-2. The minimum Gasteiger partial charge on any atom is -0.0767 e. The smallest absolute Gasteiger partial charge is 0.00519 e. The summed E-state index contributed by atoms with van der Waals surface area (Å²) in [6, 6.07) is 15.8. The van der Waals surface area contributed by atoms with E-state index in [4.69, 9.17) is 0 Å². The molecular weight excluding hydrogens is 252 g/mol. The van der Waals surface area contributed by atoms with Gasteiger partial charge in [0.2, 0.25) is 0 Å². The zero-order valence-corrected chi connectivity index (χ0v) is 12.0. The molecule has 0 heterocycles. The molecule has 2 unspecified atom stereocenters. The Morgan fingerprint density at radius 1 is 0.905 bits per heavy atom. The number of benzene rings is 2. The van der Waals surface area contributed by atoms with E-state index in [0.29, 0.717) is 11.8 Å². The number of fused-ring (bicyclic) bond motifs is 4. The molecule has 0 aliphatic heterocycles. The lowest BCUT2D eigenvalue weighted by atomic mass is 9.84. The van der Waals surface area contributed by atoms with Gasteiger partial charge < -0.3 is 0 Å². The van der Waals surface area contributed by atoms with E-state index in [2.05, 4.69) is 60.7 Å². The first-order chi connectivity index (χ1) is 10.4. The van der Waals surface area contributed by atoms with Gasteiger partial charge in [-0.05, 0) is 53.0 Å². The van der Waals surface area contributed by atoms with Gasteiger partial charge in [-0.15, -0.1) is 0 Å². The molecule has 0 aromatic heterocycles. The summed E-state index contributed by atoms with van der Waals surface area (Å²) in [6.45, 7) is 0. The molecular formula is C21H18. The van der Waals surface area contributed by atoms with Gasteiger partial charge in [-0.1, -0.05) is 66.3 Å². The van der Waals surface area contributed by atoms with E-state index in [-0.39, 0.29) is 0 Å². The molecule has 0 heteroatoms. The molecule has 1 fully saturated rings. The van der Waals surface area contributed by atoms with Crippen LogP contribution in [0, 0.1) is 5.92 Å². The van der Waals surface area contributed by atoms with Gasteiger partial charge in [0.15, 0.2) is 0 Å². The first-order valence-corrected chi connectivity index (χ1v) is 7.99. The second kappa shape index (κ2) is 4.21. The van der Waals surface area contributed by atoms with E-state index >= 15 is 0 Å². The van der Waals surface area contributed by atoms with Crippen LogP contribution in [0.2, 0.25) is 0 Å². The fraction of sp³-hybridized carbons (Fsp3) is 0.238. The normalized spacial score (nSPS) is 24.7. The average molecular weight is 270 g/mol. The van der Waals surface area contributed by atoms with E-state index in [1.165, 1.54) is 29.5 Å². The van der Waals surface area contributed by atoms with Crippen LogP contribution in [0.5, 0.6) is 0 Å². The Bertz CT molecular complexity index is 791. The highest BCUT2D eigenvalue weighted by atomic mass is 14.4. The van der Waals surface area contributed by atoms with Gasteiger partial charge in [0, 0.05) is 5.92 Å².